The van der Waals surface area contributed by atoms with Gasteiger partial charge in [0.2, 0.25) is 5.91 Å². The summed E-state index contributed by atoms with van der Waals surface area (Å²) in [5.74, 6) is 1.06. The Balaban J connectivity index is 0.00000242. The van der Waals surface area contributed by atoms with Crippen molar-refractivity contribution in [3.63, 3.8) is 0 Å². The highest BCUT2D eigenvalue weighted by atomic mass is 127. The van der Waals surface area contributed by atoms with Crippen LogP contribution in [0.15, 0.2) is 4.99 Å². The molecule has 1 unspecified atom stereocenters. The monoisotopic (exact) mass is 422 g/mol. The van der Waals surface area contributed by atoms with Crippen molar-refractivity contribution < 1.29 is 4.79 Å². The maximum Gasteiger partial charge on any atom is 0.220 e. The molecule has 0 aromatic carbocycles. The fourth-order valence-electron chi connectivity index (χ4n) is 3.36. The van der Waals surface area contributed by atoms with Gasteiger partial charge < -0.3 is 16.0 Å². The lowest BCUT2D eigenvalue weighted by molar-refractivity contribution is -0.122. The topological polar surface area (TPSA) is 65.5 Å². The van der Waals surface area contributed by atoms with Crippen LogP contribution in [0.2, 0.25) is 0 Å². The summed E-state index contributed by atoms with van der Waals surface area (Å²) < 4.78 is 0. The molecule has 1 aliphatic heterocycles. The Morgan fingerprint density at radius 1 is 1.36 bits per heavy atom. The van der Waals surface area contributed by atoms with Crippen LogP contribution in [0, 0.1) is 5.41 Å². The highest BCUT2D eigenvalue weighted by Gasteiger charge is 2.31. The number of aliphatic imine (C=N–C) groups is 1. The van der Waals surface area contributed by atoms with Gasteiger partial charge in [-0.05, 0) is 38.0 Å². The van der Waals surface area contributed by atoms with E-state index in [1.165, 1.54) is 32.1 Å². The molecule has 2 rings (SSSR count). The third kappa shape index (κ3) is 5.59. The first kappa shape index (κ1) is 19.5. The molecule has 1 aliphatic carbocycles. The van der Waals surface area contributed by atoms with Crippen LogP contribution in [-0.2, 0) is 4.79 Å². The van der Waals surface area contributed by atoms with Gasteiger partial charge in [-0.1, -0.05) is 19.8 Å². The van der Waals surface area contributed by atoms with Crippen molar-refractivity contribution in [3.8, 4) is 0 Å². The van der Waals surface area contributed by atoms with E-state index in [0.717, 1.165) is 25.5 Å². The second kappa shape index (κ2) is 9.57. The summed E-state index contributed by atoms with van der Waals surface area (Å²) in [5, 5.41) is 9.71. The average molecular weight is 422 g/mol. The smallest absolute Gasteiger partial charge is 0.220 e. The Bertz CT molecular complexity index is 370. The van der Waals surface area contributed by atoms with Crippen molar-refractivity contribution in [1.29, 1.82) is 0 Å². The molecule has 0 spiro atoms. The molecule has 1 amide bonds. The minimum atomic E-state index is 0. The Hall–Kier alpha value is -0.530. The zero-order chi connectivity index (χ0) is 15.1. The summed E-state index contributed by atoms with van der Waals surface area (Å²) in [6.07, 6.45) is 8.03. The van der Waals surface area contributed by atoms with Gasteiger partial charge in [-0.2, -0.15) is 0 Å². The lowest BCUT2D eigenvalue weighted by Crippen LogP contribution is -2.51. The Labute approximate surface area is 151 Å². The van der Waals surface area contributed by atoms with Crippen LogP contribution in [0.25, 0.3) is 0 Å². The molecule has 1 atom stereocenters. The third-order valence-corrected chi connectivity index (χ3v) is 4.94. The number of nitrogens with one attached hydrogen (secondary N) is 3. The molecule has 0 aromatic rings. The Morgan fingerprint density at radius 3 is 2.64 bits per heavy atom. The Kier molecular flexibility index (Phi) is 8.49. The van der Waals surface area contributed by atoms with Crippen molar-refractivity contribution in [3.05, 3.63) is 0 Å². The van der Waals surface area contributed by atoms with E-state index in [2.05, 4.69) is 29.8 Å². The van der Waals surface area contributed by atoms with E-state index < -0.39 is 0 Å². The van der Waals surface area contributed by atoms with E-state index >= 15 is 0 Å². The number of rotatable bonds is 5. The summed E-state index contributed by atoms with van der Waals surface area (Å²) in [7, 11) is 0. The van der Waals surface area contributed by atoms with Gasteiger partial charge in [0.25, 0.3) is 0 Å². The number of guanidine groups is 1. The van der Waals surface area contributed by atoms with Crippen molar-refractivity contribution in [2.24, 2.45) is 10.4 Å². The highest BCUT2D eigenvalue weighted by molar-refractivity contribution is 14.0. The predicted octanol–water partition coefficient (Wildman–Crippen LogP) is 2.41. The number of carbonyl (C=O) groups is 1. The molecule has 1 saturated heterocycles. The number of hydrogen-bond acceptors (Lipinski definition) is 2. The maximum atomic E-state index is 11.2. The molecule has 0 aromatic heterocycles. The summed E-state index contributed by atoms with van der Waals surface area (Å²) in [5.41, 5.74) is 0.420. The maximum absolute atomic E-state index is 11.2. The number of halogens is 1. The largest absolute Gasteiger partial charge is 0.357 e. The molecular formula is C16H31IN4O. The van der Waals surface area contributed by atoms with Crippen LogP contribution in [0.4, 0.5) is 0 Å². The second-order valence-corrected chi connectivity index (χ2v) is 6.44. The fourth-order valence-corrected chi connectivity index (χ4v) is 3.36. The van der Waals surface area contributed by atoms with Crippen LogP contribution >= 0.6 is 24.0 Å². The molecule has 2 fully saturated rings. The molecular weight excluding hydrogens is 391 g/mol. The predicted molar refractivity (Wildman–Crippen MR) is 102 cm³/mol. The molecule has 128 valence electrons. The number of hydrogen-bond donors (Lipinski definition) is 3. The number of piperidine rings is 1. The zero-order valence-corrected chi connectivity index (χ0v) is 16.2. The summed E-state index contributed by atoms with van der Waals surface area (Å²) >= 11 is 0. The van der Waals surface area contributed by atoms with Gasteiger partial charge in [0.1, 0.15) is 0 Å². The minimum Gasteiger partial charge on any atom is -0.357 e. The van der Waals surface area contributed by atoms with Gasteiger partial charge in [-0.25, -0.2) is 0 Å². The SMILES string of the molecule is CCNC(=NCC1(CC)CCCC1)NC1CCC(=O)NC1.I. The molecule has 0 bridgehead atoms. The highest BCUT2D eigenvalue weighted by Crippen LogP contribution is 2.41. The standard InChI is InChI=1S/C16H30N4O.HI/c1-3-16(9-5-6-10-16)12-19-15(17-4-2)20-13-7-8-14(21)18-11-13;/h13H,3-12H2,1-2H3,(H,18,21)(H2,17,19,20);1H. The van der Waals surface area contributed by atoms with Crippen molar-refractivity contribution in [1.82, 2.24) is 16.0 Å². The fraction of sp³-hybridized carbons (Fsp3) is 0.875. The normalized spacial score (nSPS) is 24.4. The van der Waals surface area contributed by atoms with Crippen molar-refractivity contribution >= 4 is 35.8 Å². The first-order chi connectivity index (χ1) is 10.2. The van der Waals surface area contributed by atoms with E-state index in [-0.39, 0.29) is 29.9 Å². The van der Waals surface area contributed by atoms with Crippen LogP contribution in [-0.4, -0.2) is 37.5 Å². The lowest BCUT2D eigenvalue weighted by Gasteiger charge is -2.28. The molecule has 0 radical (unpaired) electrons. The summed E-state index contributed by atoms with van der Waals surface area (Å²) in [6.45, 7) is 6.85. The average Bonchev–Trinajstić information content (AvgIpc) is 2.97. The van der Waals surface area contributed by atoms with E-state index in [4.69, 9.17) is 4.99 Å². The molecule has 1 saturated carbocycles. The van der Waals surface area contributed by atoms with Crippen molar-refractivity contribution in [2.45, 2.75) is 64.8 Å². The van der Waals surface area contributed by atoms with E-state index in [1.54, 1.807) is 0 Å². The van der Waals surface area contributed by atoms with Gasteiger partial charge in [0.15, 0.2) is 5.96 Å². The number of carbonyl (C=O) groups excluding carboxylic acids is 1. The summed E-state index contributed by atoms with van der Waals surface area (Å²) in [4.78, 5) is 16.0. The van der Waals surface area contributed by atoms with Gasteiger partial charge >= 0.3 is 0 Å². The van der Waals surface area contributed by atoms with Crippen LogP contribution in [0.1, 0.15) is 58.8 Å². The van der Waals surface area contributed by atoms with E-state index in [1.807, 2.05) is 0 Å². The third-order valence-electron chi connectivity index (χ3n) is 4.94. The van der Waals surface area contributed by atoms with E-state index in [9.17, 15) is 4.79 Å². The molecule has 22 heavy (non-hydrogen) atoms. The van der Waals surface area contributed by atoms with Crippen LogP contribution in [0.5, 0.6) is 0 Å². The quantitative estimate of drug-likeness (QED) is 0.362. The number of amides is 1. The van der Waals surface area contributed by atoms with Crippen LogP contribution in [0.3, 0.4) is 0 Å². The van der Waals surface area contributed by atoms with Crippen LogP contribution < -0.4 is 16.0 Å². The van der Waals surface area contributed by atoms with E-state index in [0.29, 0.717) is 24.4 Å². The first-order valence-electron chi connectivity index (χ1n) is 8.49. The molecule has 6 heteroatoms. The van der Waals surface area contributed by atoms with Gasteiger partial charge in [0, 0.05) is 32.1 Å². The van der Waals surface area contributed by atoms with Gasteiger partial charge in [-0.15, -0.1) is 24.0 Å². The van der Waals surface area contributed by atoms with Gasteiger partial charge in [0.05, 0.1) is 0 Å². The Morgan fingerprint density at radius 2 is 2.09 bits per heavy atom. The molecule has 5 nitrogen and oxygen atoms in total. The molecule has 1 heterocycles. The molecule has 2 aliphatic rings. The molecule has 3 N–H and O–H groups in total. The lowest BCUT2D eigenvalue weighted by atomic mass is 9.84. The van der Waals surface area contributed by atoms with Gasteiger partial charge in [-0.3, -0.25) is 9.79 Å². The number of nitrogens with zero attached hydrogens (tertiary/aromatic N) is 1. The second-order valence-electron chi connectivity index (χ2n) is 6.44. The first-order valence-corrected chi connectivity index (χ1v) is 8.49. The van der Waals surface area contributed by atoms with Crippen molar-refractivity contribution in [2.75, 3.05) is 19.6 Å². The minimum absolute atomic E-state index is 0. The zero-order valence-electron chi connectivity index (χ0n) is 13.9. The summed E-state index contributed by atoms with van der Waals surface area (Å²) in [6, 6.07) is 0.293.